The molecule has 2 aromatic heterocycles. The van der Waals surface area contributed by atoms with E-state index < -0.39 is 0 Å². The molecule has 1 N–H and O–H groups in total. The molecule has 0 spiro atoms. The minimum atomic E-state index is 0.251. The van der Waals surface area contributed by atoms with Crippen molar-refractivity contribution in [2.45, 2.75) is 38.5 Å². The monoisotopic (exact) mass is 430 g/mol. The highest BCUT2D eigenvalue weighted by Gasteiger charge is 2.26. The van der Waals surface area contributed by atoms with Crippen molar-refractivity contribution in [1.82, 2.24) is 25.0 Å². The first-order valence-corrected chi connectivity index (χ1v) is 11.7. The third-order valence-electron chi connectivity index (χ3n) is 5.71. The second-order valence-electron chi connectivity index (χ2n) is 7.81. The first kappa shape index (κ1) is 21.1. The highest BCUT2D eigenvalue weighted by molar-refractivity contribution is 7.15. The summed E-state index contributed by atoms with van der Waals surface area (Å²) >= 11 is 1.55. The number of hydrogen-bond acceptors (Lipinski definition) is 8. The zero-order valence-electron chi connectivity index (χ0n) is 17.5. The van der Waals surface area contributed by atoms with Crippen molar-refractivity contribution >= 4 is 28.2 Å². The fourth-order valence-corrected chi connectivity index (χ4v) is 4.67. The summed E-state index contributed by atoms with van der Waals surface area (Å²) in [7, 11) is 0. The molecule has 0 aromatic carbocycles. The zero-order valence-corrected chi connectivity index (χ0v) is 18.4. The Kier molecular flexibility index (Phi) is 7.24. The van der Waals surface area contributed by atoms with Crippen LogP contribution in [0.5, 0.6) is 0 Å². The van der Waals surface area contributed by atoms with Gasteiger partial charge >= 0.3 is 0 Å². The van der Waals surface area contributed by atoms with Crippen molar-refractivity contribution in [3.05, 3.63) is 28.9 Å². The molecule has 4 rings (SSSR count). The van der Waals surface area contributed by atoms with Crippen molar-refractivity contribution < 1.29 is 9.53 Å². The Morgan fingerprint density at radius 3 is 2.93 bits per heavy atom. The van der Waals surface area contributed by atoms with Gasteiger partial charge in [-0.15, -0.1) is 10.2 Å². The lowest BCUT2D eigenvalue weighted by Crippen LogP contribution is -2.42. The van der Waals surface area contributed by atoms with E-state index in [0.29, 0.717) is 6.42 Å². The van der Waals surface area contributed by atoms with Gasteiger partial charge in [0.1, 0.15) is 10.8 Å². The van der Waals surface area contributed by atoms with Gasteiger partial charge in [-0.25, -0.2) is 4.98 Å². The average Bonchev–Trinajstić information content (AvgIpc) is 3.26. The fraction of sp³-hybridized carbons (Fsp3) is 0.619. The van der Waals surface area contributed by atoms with Gasteiger partial charge < -0.3 is 15.0 Å². The number of morpholine rings is 1. The molecule has 2 fully saturated rings. The second kappa shape index (κ2) is 10.3. The second-order valence-corrected chi connectivity index (χ2v) is 8.87. The van der Waals surface area contributed by atoms with Crippen LogP contribution >= 0.6 is 11.3 Å². The number of aromatic nitrogens is 3. The summed E-state index contributed by atoms with van der Waals surface area (Å²) in [6.45, 7) is 7.88. The Morgan fingerprint density at radius 1 is 1.27 bits per heavy atom. The summed E-state index contributed by atoms with van der Waals surface area (Å²) in [4.78, 5) is 21.9. The molecular weight excluding hydrogens is 400 g/mol. The number of hydrogen-bond donors (Lipinski definition) is 1. The highest BCUT2D eigenvalue weighted by atomic mass is 32.1. The molecule has 1 amide bonds. The number of nitrogens with one attached hydrogen (secondary N) is 1. The van der Waals surface area contributed by atoms with Gasteiger partial charge in [-0.05, 0) is 31.4 Å². The van der Waals surface area contributed by atoms with Crippen molar-refractivity contribution in [3.8, 4) is 0 Å². The van der Waals surface area contributed by atoms with Gasteiger partial charge in [0.15, 0.2) is 0 Å². The van der Waals surface area contributed by atoms with Gasteiger partial charge in [-0.1, -0.05) is 24.3 Å². The predicted molar refractivity (Wildman–Crippen MR) is 117 cm³/mol. The smallest absolute Gasteiger partial charge is 0.223 e. The molecule has 2 saturated heterocycles. The highest BCUT2D eigenvalue weighted by Crippen LogP contribution is 2.28. The summed E-state index contributed by atoms with van der Waals surface area (Å²) in [6.07, 6.45) is 3.54. The maximum Gasteiger partial charge on any atom is 0.223 e. The maximum absolute atomic E-state index is 12.8. The van der Waals surface area contributed by atoms with Gasteiger partial charge in [0.2, 0.25) is 11.0 Å². The largest absolute Gasteiger partial charge is 0.379 e. The molecule has 0 saturated carbocycles. The summed E-state index contributed by atoms with van der Waals surface area (Å²) < 4.78 is 5.38. The van der Waals surface area contributed by atoms with E-state index >= 15 is 0 Å². The number of nitrogens with zero attached hydrogens (tertiary/aromatic N) is 5. The molecule has 162 valence electrons. The predicted octanol–water partition coefficient (Wildman–Crippen LogP) is 2.67. The Labute approximate surface area is 181 Å². The minimum Gasteiger partial charge on any atom is -0.379 e. The lowest BCUT2D eigenvalue weighted by molar-refractivity contribution is -0.133. The first-order valence-electron chi connectivity index (χ1n) is 10.9. The van der Waals surface area contributed by atoms with Crippen LogP contribution < -0.4 is 5.32 Å². The Morgan fingerprint density at radius 2 is 2.13 bits per heavy atom. The van der Waals surface area contributed by atoms with Gasteiger partial charge in [-0.3, -0.25) is 9.69 Å². The van der Waals surface area contributed by atoms with E-state index in [-0.39, 0.29) is 11.8 Å². The van der Waals surface area contributed by atoms with Crippen LogP contribution in [-0.4, -0.2) is 76.8 Å². The number of pyridine rings is 1. The van der Waals surface area contributed by atoms with Crippen molar-refractivity contribution in [2.75, 3.05) is 51.3 Å². The van der Waals surface area contributed by atoms with E-state index in [1.165, 1.54) is 0 Å². The molecule has 9 heteroatoms. The van der Waals surface area contributed by atoms with Crippen LogP contribution in [0.4, 0.5) is 10.9 Å². The van der Waals surface area contributed by atoms with E-state index in [1.54, 1.807) is 11.3 Å². The molecule has 2 aliphatic heterocycles. The van der Waals surface area contributed by atoms with Crippen LogP contribution in [-0.2, 0) is 16.0 Å². The number of carbonyl (C=O) groups is 1. The van der Waals surface area contributed by atoms with Crippen LogP contribution in [0.1, 0.15) is 42.8 Å². The van der Waals surface area contributed by atoms with Gasteiger partial charge in [0.25, 0.3) is 0 Å². The normalized spacial score (nSPS) is 20.3. The summed E-state index contributed by atoms with van der Waals surface area (Å²) in [5.41, 5.74) is 1.03. The lowest BCUT2D eigenvalue weighted by Gasteiger charge is -2.33. The summed E-state index contributed by atoms with van der Waals surface area (Å²) in [5.74, 6) is 1.30. The average molecular weight is 431 g/mol. The van der Waals surface area contributed by atoms with Crippen molar-refractivity contribution in [2.24, 2.45) is 0 Å². The number of ether oxygens (including phenoxy) is 1. The fourth-order valence-electron chi connectivity index (χ4n) is 3.99. The maximum atomic E-state index is 12.8. The lowest BCUT2D eigenvalue weighted by atomic mass is 9.94. The van der Waals surface area contributed by atoms with E-state index in [9.17, 15) is 4.79 Å². The summed E-state index contributed by atoms with van der Waals surface area (Å²) in [6, 6.07) is 6.03. The number of rotatable bonds is 7. The zero-order chi connectivity index (χ0) is 20.8. The van der Waals surface area contributed by atoms with Crippen LogP contribution in [0.2, 0.25) is 0 Å². The number of aryl methyl sites for hydroxylation is 1. The molecule has 0 unspecified atom stereocenters. The molecule has 8 nitrogen and oxygen atoms in total. The Hall–Kier alpha value is -2.10. The number of piperidine rings is 1. The molecule has 2 aliphatic rings. The van der Waals surface area contributed by atoms with E-state index in [4.69, 9.17) is 9.72 Å². The summed E-state index contributed by atoms with van der Waals surface area (Å²) in [5, 5.41) is 13.4. The Balaban J connectivity index is 1.33. The molecule has 0 radical (unpaired) electrons. The Bertz CT molecular complexity index is 838. The van der Waals surface area contributed by atoms with E-state index in [2.05, 4.69) is 33.4 Å². The molecule has 4 heterocycles. The molecule has 0 bridgehead atoms. The van der Waals surface area contributed by atoms with Gasteiger partial charge in [0.05, 0.1) is 13.2 Å². The number of anilines is 2. The van der Waals surface area contributed by atoms with Crippen molar-refractivity contribution in [3.63, 3.8) is 0 Å². The van der Waals surface area contributed by atoms with E-state index in [1.807, 2.05) is 17.0 Å². The standard InChI is InChI=1S/C21H30N6O2S/c1-2-19-24-25-21(30-19)23-18-7-3-6-17(22-18)16-5-4-9-27(15-16)20(28)8-10-26-11-13-29-14-12-26/h3,6-7,16H,2,4-5,8-15H2,1H3,(H,22,23,25)/t16-/m0/s1. The molecule has 2 aromatic rings. The quantitative estimate of drug-likeness (QED) is 0.723. The topological polar surface area (TPSA) is 83.5 Å². The van der Waals surface area contributed by atoms with Crippen molar-refractivity contribution in [1.29, 1.82) is 0 Å². The SMILES string of the molecule is CCc1nnc(Nc2cccc([C@H]3CCCN(C(=O)CCN4CCOCC4)C3)n2)s1. The van der Waals surface area contributed by atoms with Crippen LogP contribution in [0.25, 0.3) is 0 Å². The molecule has 30 heavy (non-hydrogen) atoms. The molecule has 1 atom stereocenters. The molecular formula is C21H30N6O2S. The third kappa shape index (κ3) is 5.53. The first-order chi connectivity index (χ1) is 14.7. The van der Waals surface area contributed by atoms with E-state index in [0.717, 1.165) is 86.9 Å². The minimum absolute atomic E-state index is 0.251. The third-order valence-corrected chi connectivity index (χ3v) is 6.70. The van der Waals surface area contributed by atoms with Gasteiger partial charge in [0, 0.05) is 50.8 Å². The number of likely N-dealkylation sites (tertiary alicyclic amines) is 1. The number of amides is 1. The van der Waals surface area contributed by atoms with Crippen LogP contribution in [0.15, 0.2) is 18.2 Å². The van der Waals surface area contributed by atoms with Gasteiger partial charge in [-0.2, -0.15) is 0 Å². The van der Waals surface area contributed by atoms with Crippen LogP contribution in [0.3, 0.4) is 0 Å². The molecule has 0 aliphatic carbocycles. The van der Waals surface area contributed by atoms with Crippen LogP contribution in [0, 0.1) is 0 Å². The number of carbonyl (C=O) groups excluding carboxylic acids is 1.